The van der Waals surface area contributed by atoms with Crippen molar-refractivity contribution >= 4 is 44.7 Å². The van der Waals surface area contributed by atoms with Crippen molar-refractivity contribution < 1.29 is 4.57 Å². The third-order valence-electron chi connectivity index (χ3n) is 6.62. The molecule has 0 spiro atoms. The minimum atomic E-state index is -3.25. The lowest BCUT2D eigenvalue weighted by Crippen LogP contribution is -2.26. The number of aromatic nitrogens is 4. The molecule has 6 aromatic rings. The standard InChI is InChI=1S/C28H17N4OP/c33-34(18-6-2-1-3-7-18)24-10-12-29-15-22(24)26-20-9-5-4-8-19(20)21-14-31-17-32-28(21)27(26)23-16-30-13-11-25(23)34/h1-17H. The van der Waals surface area contributed by atoms with Gasteiger partial charge in [-0.25, -0.2) is 9.97 Å². The summed E-state index contributed by atoms with van der Waals surface area (Å²) in [6, 6.07) is 21.8. The first-order valence-electron chi connectivity index (χ1n) is 11.0. The maximum Gasteiger partial charge on any atom is 0.172 e. The molecule has 0 aliphatic carbocycles. The van der Waals surface area contributed by atoms with Crippen molar-refractivity contribution in [3.8, 4) is 22.3 Å². The van der Waals surface area contributed by atoms with Gasteiger partial charge in [0.05, 0.1) is 5.52 Å². The fourth-order valence-corrected chi connectivity index (χ4v) is 8.19. The average molecular weight is 456 g/mol. The van der Waals surface area contributed by atoms with Gasteiger partial charge < -0.3 is 4.57 Å². The van der Waals surface area contributed by atoms with Crippen molar-refractivity contribution in [3.63, 3.8) is 0 Å². The fraction of sp³-hybridized carbons (Fsp3) is 0. The number of nitrogens with zero attached hydrogens (tertiary/aromatic N) is 4. The number of rotatable bonds is 1. The predicted octanol–water partition coefficient (Wildman–Crippen LogP) is 4.86. The highest BCUT2D eigenvalue weighted by Gasteiger charge is 2.39. The van der Waals surface area contributed by atoms with E-state index in [1.165, 1.54) is 0 Å². The highest BCUT2D eigenvalue weighted by atomic mass is 31.2. The van der Waals surface area contributed by atoms with Gasteiger partial charge in [-0.15, -0.1) is 0 Å². The van der Waals surface area contributed by atoms with Crippen LogP contribution in [-0.2, 0) is 4.57 Å². The summed E-state index contributed by atoms with van der Waals surface area (Å²) in [5.74, 6) is 0. The van der Waals surface area contributed by atoms with Crippen LogP contribution in [0.4, 0.5) is 0 Å². The van der Waals surface area contributed by atoms with Crippen LogP contribution in [0.2, 0.25) is 0 Å². The van der Waals surface area contributed by atoms with Crippen LogP contribution in [0, 0.1) is 0 Å². The van der Waals surface area contributed by atoms with Crippen molar-refractivity contribution in [2.45, 2.75) is 0 Å². The lowest BCUT2D eigenvalue weighted by Gasteiger charge is -2.21. The van der Waals surface area contributed by atoms with E-state index in [1.807, 2.05) is 73.2 Å². The molecule has 3 aromatic heterocycles. The van der Waals surface area contributed by atoms with E-state index in [0.29, 0.717) is 0 Å². The van der Waals surface area contributed by atoms with Crippen LogP contribution in [0.1, 0.15) is 0 Å². The molecule has 1 atom stereocenters. The molecule has 0 N–H and O–H groups in total. The second kappa shape index (κ2) is 7.14. The summed E-state index contributed by atoms with van der Waals surface area (Å²) >= 11 is 0. The summed E-state index contributed by atoms with van der Waals surface area (Å²) in [4.78, 5) is 18.0. The Morgan fingerprint density at radius 1 is 0.588 bits per heavy atom. The third kappa shape index (κ3) is 2.47. The van der Waals surface area contributed by atoms with Crippen LogP contribution in [-0.4, -0.2) is 19.9 Å². The minimum absolute atomic E-state index is 0.759. The molecule has 6 heteroatoms. The second-order valence-corrected chi connectivity index (χ2v) is 11.0. The Morgan fingerprint density at radius 2 is 1.24 bits per heavy atom. The van der Waals surface area contributed by atoms with E-state index in [9.17, 15) is 0 Å². The van der Waals surface area contributed by atoms with Crippen molar-refractivity contribution in [2.75, 3.05) is 0 Å². The van der Waals surface area contributed by atoms with E-state index in [1.54, 1.807) is 18.7 Å². The van der Waals surface area contributed by atoms with Crippen LogP contribution in [0.25, 0.3) is 43.9 Å². The first kappa shape index (κ1) is 19.3. The van der Waals surface area contributed by atoms with Gasteiger partial charge in [0, 0.05) is 74.5 Å². The molecule has 160 valence electrons. The molecule has 3 aromatic carbocycles. The average Bonchev–Trinajstić information content (AvgIpc) is 3.02. The van der Waals surface area contributed by atoms with Crippen LogP contribution in [0.15, 0.2) is 104 Å². The number of pyridine rings is 2. The Bertz CT molecular complexity index is 1690. The first-order valence-corrected chi connectivity index (χ1v) is 12.7. The number of hydrogen-bond acceptors (Lipinski definition) is 5. The molecule has 1 unspecified atom stereocenters. The van der Waals surface area contributed by atoms with E-state index in [2.05, 4.69) is 27.1 Å². The van der Waals surface area contributed by atoms with Gasteiger partial charge in [-0.2, -0.15) is 0 Å². The lowest BCUT2D eigenvalue weighted by atomic mass is 9.88. The summed E-state index contributed by atoms with van der Waals surface area (Å²) < 4.78 is 15.4. The number of fused-ring (bicyclic) bond motifs is 10. The molecule has 0 amide bonds. The zero-order valence-corrected chi connectivity index (χ0v) is 18.9. The number of hydrogen-bond donors (Lipinski definition) is 0. The Balaban J connectivity index is 1.80. The van der Waals surface area contributed by atoms with E-state index < -0.39 is 7.14 Å². The van der Waals surface area contributed by atoms with E-state index >= 15 is 4.57 Å². The molecule has 1 aliphatic heterocycles. The summed E-state index contributed by atoms with van der Waals surface area (Å²) in [7, 11) is -3.25. The molecule has 0 bridgehead atoms. The van der Waals surface area contributed by atoms with Gasteiger partial charge >= 0.3 is 0 Å². The molecule has 1 aliphatic rings. The molecular weight excluding hydrogens is 439 g/mol. The Hall–Kier alpha value is -4.21. The zero-order valence-electron chi connectivity index (χ0n) is 18.0. The fourth-order valence-electron chi connectivity index (χ4n) is 5.21. The lowest BCUT2D eigenvalue weighted by molar-refractivity contribution is 0.592. The highest BCUT2D eigenvalue weighted by molar-refractivity contribution is 7.85. The first-order chi connectivity index (χ1) is 16.8. The summed E-state index contributed by atoms with van der Waals surface area (Å²) in [6.07, 6.45) is 10.5. The number of benzene rings is 3. The van der Waals surface area contributed by atoms with Crippen LogP contribution < -0.4 is 15.9 Å². The molecule has 7 rings (SSSR count). The molecule has 0 saturated heterocycles. The second-order valence-electron chi connectivity index (χ2n) is 8.31. The van der Waals surface area contributed by atoms with E-state index in [0.717, 1.165) is 59.8 Å². The van der Waals surface area contributed by atoms with Crippen molar-refractivity contribution in [1.82, 2.24) is 19.9 Å². The van der Waals surface area contributed by atoms with Gasteiger partial charge in [-0.05, 0) is 22.9 Å². The topological polar surface area (TPSA) is 68.6 Å². The van der Waals surface area contributed by atoms with Gasteiger partial charge in [0.1, 0.15) is 6.33 Å². The van der Waals surface area contributed by atoms with Crippen LogP contribution >= 0.6 is 7.14 Å². The molecule has 0 radical (unpaired) electrons. The summed E-state index contributed by atoms with van der Waals surface area (Å²) in [5, 5.41) is 5.37. The van der Waals surface area contributed by atoms with Crippen molar-refractivity contribution in [1.29, 1.82) is 0 Å². The zero-order chi connectivity index (χ0) is 22.7. The van der Waals surface area contributed by atoms with Gasteiger partial charge in [0.15, 0.2) is 7.14 Å². The minimum Gasteiger partial charge on any atom is -0.309 e. The molecule has 0 saturated carbocycles. The Morgan fingerprint density at radius 3 is 1.97 bits per heavy atom. The van der Waals surface area contributed by atoms with E-state index in [4.69, 9.17) is 4.98 Å². The van der Waals surface area contributed by atoms with Gasteiger partial charge in [0.25, 0.3) is 0 Å². The molecule has 34 heavy (non-hydrogen) atoms. The smallest absolute Gasteiger partial charge is 0.172 e. The quantitative estimate of drug-likeness (QED) is 0.261. The summed E-state index contributed by atoms with van der Waals surface area (Å²) in [6.45, 7) is 0. The van der Waals surface area contributed by atoms with Crippen molar-refractivity contribution in [3.05, 3.63) is 104 Å². The molecule has 4 heterocycles. The van der Waals surface area contributed by atoms with Crippen LogP contribution in [0.3, 0.4) is 0 Å². The van der Waals surface area contributed by atoms with Gasteiger partial charge in [-0.3, -0.25) is 9.97 Å². The van der Waals surface area contributed by atoms with E-state index in [-0.39, 0.29) is 0 Å². The SMILES string of the molecule is O=P1(c2ccccc2)c2ccncc2-c2c(c3ncncc3c3ccccc23)-c2cnccc21. The predicted molar refractivity (Wildman–Crippen MR) is 136 cm³/mol. The highest BCUT2D eigenvalue weighted by Crippen LogP contribution is 2.53. The molecule has 0 fully saturated rings. The Kier molecular flexibility index (Phi) is 4.05. The summed E-state index contributed by atoms with van der Waals surface area (Å²) in [5.41, 5.74) is 4.40. The van der Waals surface area contributed by atoms with Crippen molar-refractivity contribution in [2.24, 2.45) is 0 Å². The maximum atomic E-state index is 15.4. The monoisotopic (exact) mass is 456 g/mol. The third-order valence-corrected chi connectivity index (χ3v) is 9.78. The van der Waals surface area contributed by atoms with Gasteiger partial charge in [-0.1, -0.05) is 54.6 Å². The Labute approximate surface area is 195 Å². The molecule has 5 nitrogen and oxygen atoms in total. The maximum absolute atomic E-state index is 15.4. The normalized spacial score (nSPS) is 16.5. The largest absolute Gasteiger partial charge is 0.309 e. The van der Waals surface area contributed by atoms with Crippen LogP contribution in [0.5, 0.6) is 0 Å². The van der Waals surface area contributed by atoms with Gasteiger partial charge in [0.2, 0.25) is 0 Å². The molecular formula is C28H17N4OP.